The maximum Gasteiger partial charge on any atom is 0.252 e. The lowest BCUT2D eigenvalue weighted by atomic mass is 10.0. The van der Waals surface area contributed by atoms with E-state index >= 15 is 0 Å². The summed E-state index contributed by atoms with van der Waals surface area (Å²) >= 11 is 0. The van der Waals surface area contributed by atoms with Gasteiger partial charge in [0, 0.05) is 29.2 Å². The van der Waals surface area contributed by atoms with Crippen LogP contribution in [0, 0.1) is 6.92 Å². The van der Waals surface area contributed by atoms with Gasteiger partial charge in [0.25, 0.3) is 5.91 Å². The Hall–Kier alpha value is -3.98. The molecule has 2 aromatic carbocycles. The number of hydrogen-bond acceptors (Lipinski definition) is 5. The van der Waals surface area contributed by atoms with Gasteiger partial charge in [0.1, 0.15) is 0 Å². The molecule has 9 heteroatoms. The van der Waals surface area contributed by atoms with Crippen molar-refractivity contribution in [3.63, 3.8) is 0 Å². The van der Waals surface area contributed by atoms with Gasteiger partial charge in [-0.3, -0.25) is 4.79 Å². The van der Waals surface area contributed by atoms with Crippen molar-refractivity contribution in [2.24, 2.45) is 0 Å². The third-order valence-electron chi connectivity index (χ3n) is 7.65. The number of aryl methyl sites for hydroxylation is 2. The van der Waals surface area contributed by atoms with Crippen molar-refractivity contribution in [1.29, 1.82) is 0 Å². The van der Waals surface area contributed by atoms with Gasteiger partial charge >= 0.3 is 0 Å². The van der Waals surface area contributed by atoms with Crippen LogP contribution in [0.15, 0.2) is 60.8 Å². The molecular weight excluding hydrogens is 510 g/mol. The SMILES string of the molecule is CCc1ccc(-c2cc(C(=O)NCCc3c[nH]c4ccccc34)c3c(C)nn(C4CCS(=O)(=O)C4)c3n2)cc1. The average Bonchev–Trinajstić information content (AvgIpc) is 3.63. The molecular formula is C30H31N5O3S. The zero-order valence-corrected chi connectivity index (χ0v) is 22.9. The number of pyridine rings is 1. The minimum Gasteiger partial charge on any atom is -0.361 e. The summed E-state index contributed by atoms with van der Waals surface area (Å²) in [6.45, 7) is 4.43. The predicted octanol–water partition coefficient (Wildman–Crippen LogP) is 4.78. The van der Waals surface area contributed by atoms with Crippen LogP contribution in [0.2, 0.25) is 0 Å². The normalized spacial score (nSPS) is 16.7. The van der Waals surface area contributed by atoms with E-state index < -0.39 is 9.84 Å². The molecule has 1 unspecified atom stereocenters. The van der Waals surface area contributed by atoms with Crippen LogP contribution in [0.5, 0.6) is 0 Å². The van der Waals surface area contributed by atoms with Crippen LogP contribution in [0.4, 0.5) is 0 Å². The van der Waals surface area contributed by atoms with E-state index in [9.17, 15) is 13.2 Å². The van der Waals surface area contributed by atoms with Crippen LogP contribution in [-0.4, -0.2) is 52.1 Å². The van der Waals surface area contributed by atoms with Crippen molar-refractivity contribution in [3.8, 4) is 11.3 Å². The molecule has 6 rings (SSSR count). The summed E-state index contributed by atoms with van der Waals surface area (Å²) in [6, 6.07) is 17.8. The molecule has 2 N–H and O–H groups in total. The van der Waals surface area contributed by atoms with Crippen molar-refractivity contribution in [1.82, 2.24) is 25.1 Å². The molecule has 8 nitrogen and oxygen atoms in total. The zero-order chi connectivity index (χ0) is 27.1. The Morgan fingerprint density at radius 2 is 1.95 bits per heavy atom. The molecule has 1 saturated heterocycles. The lowest BCUT2D eigenvalue weighted by Gasteiger charge is -2.13. The molecule has 0 bridgehead atoms. The second kappa shape index (κ2) is 9.96. The van der Waals surface area contributed by atoms with Crippen LogP contribution in [0.3, 0.4) is 0 Å². The Bertz CT molecular complexity index is 1800. The lowest BCUT2D eigenvalue weighted by Crippen LogP contribution is -2.26. The van der Waals surface area contributed by atoms with Crippen molar-refractivity contribution >= 4 is 37.7 Å². The monoisotopic (exact) mass is 541 g/mol. The standard InChI is InChI=1S/C30H31N5O3S/c1-3-20-8-10-21(11-9-20)27-16-25(30(36)31-14-12-22-17-32-26-7-5-4-6-24(22)26)28-19(2)34-35(29(28)33-27)23-13-15-39(37,38)18-23/h4-11,16-17,23,32H,3,12-15,18H2,1-2H3,(H,31,36). The van der Waals surface area contributed by atoms with Crippen LogP contribution in [0.25, 0.3) is 33.2 Å². The van der Waals surface area contributed by atoms with E-state index in [-0.39, 0.29) is 23.5 Å². The van der Waals surface area contributed by atoms with Crippen molar-refractivity contribution < 1.29 is 13.2 Å². The number of nitrogens with one attached hydrogen (secondary N) is 2. The van der Waals surface area contributed by atoms with E-state index in [4.69, 9.17) is 10.1 Å². The van der Waals surface area contributed by atoms with Crippen LogP contribution >= 0.6 is 0 Å². The second-order valence-corrected chi connectivity index (χ2v) is 12.5. The molecule has 5 aromatic rings. The summed E-state index contributed by atoms with van der Waals surface area (Å²) in [5.41, 5.74) is 6.70. The molecule has 1 aliphatic rings. The summed E-state index contributed by atoms with van der Waals surface area (Å²) in [7, 11) is -3.12. The summed E-state index contributed by atoms with van der Waals surface area (Å²) in [6.07, 6.45) is 4.09. The number of benzene rings is 2. The molecule has 0 spiro atoms. The molecule has 0 radical (unpaired) electrons. The number of H-pyrrole nitrogens is 1. The first-order chi connectivity index (χ1) is 18.8. The zero-order valence-electron chi connectivity index (χ0n) is 22.1. The highest BCUT2D eigenvalue weighted by Crippen LogP contribution is 2.32. The predicted molar refractivity (Wildman–Crippen MR) is 154 cm³/mol. The number of fused-ring (bicyclic) bond motifs is 2. The Balaban J connectivity index is 1.37. The quantitative estimate of drug-likeness (QED) is 0.308. The number of nitrogens with zero attached hydrogens (tertiary/aromatic N) is 3. The highest BCUT2D eigenvalue weighted by atomic mass is 32.2. The molecule has 3 aromatic heterocycles. The van der Waals surface area contributed by atoms with Crippen molar-refractivity contribution in [2.75, 3.05) is 18.1 Å². The first kappa shape index (κ1) is 25.3. The Kier molecular flexibility index (Phi) is 6.46. The summed E-state index contributed by atoms with van der Waals surface area (Å²) < 4.78 is 26.2. The fourth-order valence-corrected chi connectivity index (χ4v) is 7.21. The van der Waals surface area contributed by atoms with Gasteiger partial charge in [0.2, 0.25) is 0 Å². The fraction of sp³-hybridized carbons (Fsp3) is 0.300. The number of amides is 1. The molecule has 0 saturated carbocycles. The number of rotatable bonds is 7. The van der Waals surface area contributed by atoms with Crippen molar-refractivity contribution in [3.05, 3.63) is 83.2 Å². The smallest absolute Gasteiger partial charge is 0.252 e. The summed E-state index contributed by atoms with van der Waals surface area (Å²) in [5, 5.41) is 9.62. The van der Waals surface area contributed by atoms with Gasteiger partial charge in [-0.2, -0.15) is 5.10 Å². The lowest BCUT2D eigenvalue weighted by molar-refractivity contribution is 0.0955. The Morgan fingerprint density at radius 3 is 2.69 bits per heavy atom. The Labute approximate surface area is 227 Å². The highest BCUT2D eigenvalue weighted by molar-refractivity contribution is 7.91. The molecule has 1 aliphatic heterocycles. The molecule has 0 aliphatic carbocycles. The van der Waals surface area contributed by atoms with E-state index in [0.29, 0.717) is 47.4 Å². The summed E-state index contributed by atoms with van der Waals surface area (Å²) in [4.78, 5) is 21.9. The van der Waals surface area contributed by atoms with Gasteiger partial charge in [0.15, 0.2) is 15.5 Å². The van der Waals surface area contributed by atoms with Crippen LogP contribution < -0.4 is 5.32 Å². The van der Waals surface area contributed by atoms with Gasteiger partial charge < -0.3 is 10.3 Å². The van der Waals surface area contributed by atoms with Gasteiger partial charge in [-0.25, -0.2) is 18.1 Å². The number of aromatic amines is 1. The number of para-hydroxylation sites is 1. The second-order valence-electron chi connectivity index (χ2n) is 10.3. The van der Waals surface area contributed by atoms with Crippen LogP contribution in [0.1, 0.15) is 46.6 Å². The van der Waals surface area contributed by atoms with Gasteiger partial charge in [-0.15, -0.1) is 0 Å². The van der Waals surface area contributed by atoms with Gasteiger partial charge in [-0.1, -0.05) is 49.4 Å². The van der Waals surface area contributed by atoms with Crippen LogP contribution in [-0.2, 0) is 22.7 Å². The number of carbonyl (C=O) groups excluding carboxylic acids is 1. The summed E-state index contributed by atoms with van der Waals surface area (Å²) in [5.74, 6) is -0.0282. The molecule has 1 atom stereocenters. The number of carbonyl (C=O) groups is 1. The highest BCUT2D eigenvalue weighted by Gasteiger charge is 2.32. The van der Waals surface area contributed by atoms with Gasteiger partial charge in [0.05, 0.1) is 39.9 Å². The van der Waals surface area contributed by atoms with E-state index in [1.54, 1.807) is 4.68 Å². The van der Waals surface area contributed by atoms with E-state index in [2.05, 4.69) is 35.4 Å². The maximum atomic E-state index is 13.6. The van der Waals surface area contributed by atoms with Crippen molar-refractivity contribution in [2.45, 2.75) is 39.2 Å². The van der Waals surface area contributed by atoms with E-state index in [1.165, 1.54) is 5.56 Å². The third kappa shape index (κ3) is 4.83. The topological polar surface area (TPSA) is 110 Å². The van der Waals surface area contributed by atoms with E-state index in [1.807, 2.05) is 49.5 Å². The Morgan fingerprint density at radius 1 is 1.15 bits per heavy atom. The first-order valence-electron chi connectivity index (χ1n) is 13.4. The fourth-order valence-electron chi connectivity index (χ4n) is 5.52. The maximum absolute atomic E-state index is 13.6. The molecule has 1 amide bonds. The average molecular weight is 542 g/mol. The molecule has 200 valence electrons. The molecule has 39 heavy (non-hydrogen) atoms. The largest absolute Gasteiger partial charge is 0.361 e. The minimum absolute atomic E-state index is 0.0342. The third-order valence-corrected chi connectivity index (χ3v) is 9.40. The number of aromatic nitrogens is 4. The number of sulfone groups is 1. The van der Waals surface area contributed by atoms with E-state index in [0.717, 1.165) is 28.5 Å². The first-order valence-corrected chi connectivity index (χ1v) is 15.2. The minimum atomic E-state index is -3.12. The number of hydrogen-bond donors (Lipinski definition) is 2. The molecule has 4 heterocycles. The van der Waals surface area contributed by atoms with Gasteiger partial charge in [-0.05, 0) is 49.4 Å². The molecule has 1 fully saturated rings.